The zero-order chi connectivity index (χ0) is 15.4. The SMILES string of the molecule is S=C(Nc1ccccc1)NC1(c2ccccc2Cl)CCCC1. The summed E-state index contributed by atoms with van der Waals surface area (Å²) < 4.78 is 0. The van der Waals surface area contributed by atoms with Gasteiger partial charge in [0.05, 0.1) is 5.54 Å². The number of benzene rings is 2. The molecule has 0 bridgehead atoms. The molecule has 0 radical (unpaired) electrons. The summed E-state index contributed by atoms with van der Waals surface area (Å²) in [4.78, 5) is 0. The minimum absolute atomic E-state index is 0.156. The zero-order valence-corrected chi connectivity index (χ0v) is 13.9. The first-order chi connectivity index (χ1) is 10.7. The van der Waals surface area contributed by atoms with Crippen molar-refractivity contribution in [3.05, 3.63) is 65.2 Å². The van der Waals surface area contributed by atoms with Gasteiger partial charge in [0.2, 0.25) is 0 Å². The Bertz CT molecular complexity index is 651. The van der Waals surface area contributed by atoms with Crippen molar-refractivity contribution in [2.24, 2.45) is 0 Å². The molecule has 1 fully saturated rings. The van der Waals surface area contributed by atoms with Crippen molar-refractivity contribution in [2.75, 3.05) is 5.32 Å². The van der Waals surface area contributed by atoms with E-state index in [1.54, 1.807) is 0 Å². The van der Waals surface area contributed by atoms with Crippen molar-refractivity contribution in [1.82, 2.24) is 5.32 Å². The average molecular weight is 331 g/mol. The number of thiocarbonyl (C=S) groups is 1. The highest BCUT2D eigenvalue weighted by molar-refractivity contribution is 7.80. The topological polar surface area (TPSA) is 24.1 Å². The second kappa shape index (κ2) is 6.67. The molecule has 0 amide bonds. The van der Waals surface area contributed by atoms with E-state index in [0.717, 1.165) is 29.1 Å². The van der Waals surface area contributed by atoms with Crippen LogP contribution in [-0.4, -0.2) is 5.11 Å². The van der Waals surface area contributed by atoms with E-state index >= 15 is 0 Å². The lowest BCUT2D eigenvalue weighted by Gasteiger charge is -2.33. The number of nitrogens with one attached hydrogen (secondary N) is 2. The van der Waals surface area contributed by atoms with E-state index in [0.29, 0.717) is 5.11 Å². The van der Waals surface area contributed by atoms with Crippen LogP contribution in [-0.2, 0) is 5.54 Å². The molecule has 4 heteroatoms. The van der Waals surface area contributed by atoms with Gasteiger partial charge in [-0.15, -0.1) is 0 Å². The van der Waals surface area contributed by atoms with Gasteiger partial charge in [0.1, 0.15) is 0 Å². The van der Waals surface area contributed by atoms with E-state index in [-0.39, 0.29) is 5.54 Å². The maximum atomic E-state index is 6.43. The van der Waals surface area contributed by atoms with Crippen LogP contribution in [0.25, 0.3) is 0 Å². The highest BCUT2D eigenvalue weighted by Crippen LogP contribution is 2.41. The number of para-hydroxylation sites is 1. The average Bonchev–Trinajstić information content (AvgIpc) is 2.98. The first-order valence-electron chi connectivity index (χ1n) is 7.59. The van der Waals surface area contributed by atoms with Crippen molar-refractivity contribution in [1.29, 1.82) is 0 Å². The van der Waals surface area contributed by atoms with E-state index in [1.165, 1.54) is 12.8 Å². The van der Waals surface area contributed by atoms with Gasteiger partial charge in [-0.2, -0.15) is 0 Å². The molecule has 22 heavy (non-hydrogen) atoms. The molecule has 0 heterocycles. The molecule has 0 aromatic heterocycles. The minimum Gasteiger partial charge on any atom is -0.353 e. The largest absolute Gasteiger partial charge is 0.353 e. The fourth-order valence-corrected chi connectivity index (χ4v) is 3.82. The molecule has 1 aliphatic rings. The molecule has 0 aliphatic heterocycles. The lowest BCUT2D eigenvalue weighted by atomic mass is 9.88. The Labute approximate surface area is 141 Å². The summed E-state index contributed by atoms with van der Waals surface area (Å²) in [5.74, 6) is 0. The summed E-state index contributed by atoms with van der Waals surface area (Å²) in [5, 5.41) is 8.25. The Morgan fingerprint density at radius 2 is 1.59 bits per heavy atom. The predicted molar refractivity (Wildman–Crippen MR) is 97.4 cm³/mol. The Kier molecular flexibility index (Phi) is 4.65. The molecule has 1 aliphatic carbocycles. The minimum atomic E-state index is -0.156. The van der Waals surface area contributed by atoms with Crippen LogP contribution >= 0.6 is 23.8 Å². The predicted octanol–water partition coefficient (Wildman–Crippen LogP) is 5.10. The van der Waals surface area contributed by atoms with Gasteiger partial charge in [-0.3, -0.25) is 0 Å². The number of hydrogen-bond donors (Lipinski definition) is 2. The Morgan fingerprint density at radius 1 is 0.955 bits per heavy atom. The highest BCUT2D eigenvalue weighted by atomic mass is 35.5. The maximum absolute atomic E-state index is 6.43. The molecule has 3 rings (SSSR count). The Balaban J connectivity index is 1.80. The zero-order valence-electron chi connectivity index (χ0n) is 12.3. The molecule has 0 atom stereocenters. The van der Waals surface area contributed by atoms with Crippen LogP contribution in [0, 0.1) is 0 Å². The van der Waals surface area contributed by atoms with Crippen LogP contribution in [0.1, 0.15) is 31.2 Å². The Morgan fingerprint density at radius 3 is 2.27 bits per heavy atom. The third-order valence-corrected chi connectivity index (χ3v) is 4.76. The lowest BCUT2D eigenvalue weighted by molar-refractivity contribution is 0.408. The number of anilines is 1. The molecule has 2 N–H and O–H groups in total. The normalized spacial score (nSPS) is 16.2. The molecule has 2 aromatic carbocycles. The summed E-state index contributed by atoms with van der Waals surface area (Å²) >= 11 is 12.0. The van der Waals surface area contributed by atoms with Crippen molar-refractivity contribution in [2.45, 2.75) is 31.2 Å². The van der Waals surface area contributed by atoms with Gasteiger partial charge in [0, 0.05) is 10.7 Å². The van der Waals surface area contributed by atoms with Crippen molar-refractivity contribution in [3.8, 4) is 0 Å². The summed E-state index contributed by atoms with van der Waals surface area (Å²) in [6, 6.07) is 18.0. The molecule has 0 spiro atoms. The van der Waals surface area contributed by atoms with E-state index < -0.39 is 0 Å². The van der Waals surface area contributed by atoms with Gasteiger partial charge in [-0.25, -0.2) is 0 Å². The molecule has 0 unspecified atom stereocenters. The van der Waals surface area contributed by atoms with Gasteiger partial charge in [0.15, 0.2) is 5.11 Å². The highest BCUT2D eigenvalue weighted by Gasteiger charge is 2.37. The van der Waals surface area contributed by atoms with Gasteiger partial charge in [-0.1, -0.05) is 60.8 Å². The molecule has 1 saturated carbocycles. The summed E-state index contributed by atoms with van der Waals surface area (Å²) in [6.45, 7) is 0. The van der Waals surface area contributed by atoms with Gasteiger partial charge >= 0.3 is 0 Å². The summed E-state index contributed by atoms with van der Waals surface area (Å²) in [7, 11) is 0. The third-order valence-electron chi connectivity index (χ3n) is 4.23. The number of halogens is 1. The van der Waals surface area contributed by atoms with Gasteiger partial charge in [-0.05, 0) is 48.8 Å². The van der Waals surface area contributed by atoms with Gasteiger partial charge in [0.25, 0.3) is 0 Å². The standard InChI is InChI=1S/C18H19ClN2S/c19-16-11-5-4-10-15(16)18(12-6-7-13-18)21-17(22)20-14-8-2-1-3-9-14/h1-5,8-11H,6-7,12-13H2,(H2,20,21,22). The van der Waals surface area contributed by atoms with Gasteiger partial charge < -0.3 is 10.6 Å². The maximum Gasteiger partial charge on any atom is 0.171 e. The second-order valence-electron chi connectivity index (χ2n) is 5.71. The first-order valence-corrected chi connectivity index (χ1v) is 8.37. The monoisotopic (exact) mass is 330 g/mol. The van der Waals surface area contributed by atoms with Crippen molar-refractivity contribution in [3.63, 3.8) is 0 Å². The van der Waals surface area contributed by atoms with E-state index in [1.807, 2.05) is 48.5 Å². The van der Waals surface area contributed by atoms with Crippen LogP contribution in [0.2, 0.25) is 5.02 Å². The molecule has 0 saturated heterocycles. The first kappa shape index (κ1) is 15.3. The van der Waals surface area contributed by atoms with E-state index in [2.05, 4.69) is 16.7 Å². The van der Waals surface area contributed by atoms with Crippen LogP contribution in [0.5, 0.6) is 0 Å². The van der Waals surface area contributed by atoms with E-state index in [9.17, 15) is 0 Å². The Hall–Kier alpha value is -1.58. The van der Waals surface area contributed by atoms with Crippen molar-refractivity contribution < 1.29 is 0 Å². The molecule has 2 nitrogen and oxygen atoms in total. The van der Waals surface area contributed by atoms with Crippen LogP contribution in [0.4, 0.5) is 5.69 Å². The fraction of sp³-hybridized carbons (Fsp3) is 0.278. The van der Waals surface area contributed by atoms with E-state index in [4.69, 9.17) is 23.8 Å². The lowest BCUT2D eigenvalue weighted by Crippen LogP contribution is -2.45. The summed E-state index contributed by atoms with van der Waals surface area (Å²) in [5.41, 5.74) is 1.98. The second-order valence-corrected chi connectivity index (χ2v) is 6.53. The van der Waals surface area contributed by atoms with Crippen LogP contribution in [0.3, 0.4) is 0 Å². The smallest absolute Gasteiger partial charge is 0.171 e. The third kappa shape index (κ3) is 3.26. The molecule has 114 valence electrons. The quantitative estimate of drug-likeness (QED) is 0.766. The number of rotatable bonds is 3. The van der Waals surface area contributed by atoms with Crippen LogP contribution in [0.15, 0.2) is 54.6 Å². The van der Waals surface area contributed by atoms with Crippen LogP contribution < -0.4 is 10.6 Å². The summed E-state index contributed by atoms with van der Waals surface area (Å²) in [6.07, 6.45) is 4.47. The number of hydrogen-bond acceptors (Lipinski definition) is 1. The van der Waals surface area contributed by atoms with Crippen molar-refractivity contribution >= 4 is 34.6 Å². The fourth-order valence-electron chi connectivity index (χ4n) is 3.19. The molecule has 2 aromatic rings. The molecular formula is C18H19ClN2S. The molecular weight excluding hydrogens is 312 g/mol.